The van der Waals surface area contributed by atoms with E-state index in [-0.39, 0.29) is 0 Å². The van der Waals surface area contributed by atoms with Gasteiger partial charge in [0.2, 0.25) is 15.5 Å². The van der Waals surface area contributed by atoms with Crippen molar-refractivity contribution in [1.29, 1.82) is 0 Å². The van der Waals surface area contributed by atoms with E-state index in [1.807, 2.05) is 0 Å². The van der Waals surface area contributed by atoms with Crippen LogP contribution in [0.25, 0.3) is 10.9 Å². The van der Waals surface area contributed by atoms with Gasteiger partial charge in [-0.3, -0.25) is 4.72 Å². The Balaban J connectivity index is 2.56. The molecule has 0 atom stereocenters. The Labute approximate surface area is 99.3 Å². The minimum Gasteiger partial charge on any atom is -0.618 e. The lowest BCUT2D eigenvalue weighted by Crippen LogP contribution is -2.30. The molecule has 90 valence electrons. The number of fused-ring (bicyclic) bond motifs is 1. The van der Waals surface area contributed by atoms with Crippen molar-refractivity contribution in [3.63, 3.8) is 0 Å². The first-order valence-corrected chi connectivity index (χ1v) is 6.87. The van der Waals surface area contributed by atoms with Gasteiger partial charge in [0, 0.05) is 30.1 Å². The molecule has 5 nitrogen and oxygen atoms in total. The van der Waals surface area contributed by atoms with Crippen molar-refractivity contribution in [2.75, 3.05) is 11.0 Å². The summed E-state index contributed by atoms with van der Waals surface area (Å²) in [6.45, 7) is 1.72. The van der Waals surface area contributed by atoms with Crippen LogP contribution >= 0.6 is 0 Å². The highest BCUT2D eigenvalue weighted by atomic mass is 32.2. The molecule has 2 aromatic rings. The number of hydrogen-bond acceptors (Lipinski definition) is 3. The van der Waals surface area contributed by atoms with Crippen molar-refractivity contribution in [2.24, 2.45) is 0 Å². The maximum absolute atomic E-state index is 11.7. The van der Waals surface area contributed by atoms with Crippen LogP contribution in [0.4, 0.5) is 5.69 Å². The zero-order valence-electron chi connectivity index (χ0n) is 9.47. The molecule has 17 heavy (non-hydrogen) atoms. The number of rotatable bonds is 2. The third-order valence-electron chi connectivity index (χ3n) is 2.37. The van der Waals surface area contributed by atoms with E-state index in [0.717, 1.165) is 11.0 Å². The minimum absolute atomic E-state index is 0.448. The molecule has 0 fully saturated rings. The summed E-state index contributed by atoms with van der Waals surface area (Å²) in [7, 11) is -3.30. The maximum atomic E-state index is 11.7. The van der Waals surface area contributed by atoms with E-state index in [9.17, 15) is 13.6 Å². The Morgan fingerprint density at radius 1 is 1.24 bits per heavy atom. The van der Waals surface area contributed by atoms with Crippen LogP contribution in [0.3, 0.4) is 0 Å². The molecule has 0 aliphatic rings. The molecule has 1 aromatic carbocycles. The molecule has 1 N–H and O–H groups in total. The van der Waals surface area contributed by atoms with Crippen molar-refractivity contribution in [3.05, 3.63) is 41.2 Å². The van der Waals surface area contributed by atoms with Gasteiger partial charge in [0.15, 0.2) is 5.69 Å². The standard InChI is InChI=1S/C11H12N2O3S/c1-8-3-4-9-7-10(12-17(2,15)16)5-6-11(9)13(8)14/h3-7,12H,1-2H3. The summed E-state index contributed by atoms with van der Waals surface area (Å²) in [5, 5.41) is 12.4. The van der Waals surface area contributed by atoms with Gasteiger partial charge in [-0.25, -0.2) is 8.42 Å². The van der Waals surface area contributed by atoms with Crippen LogP contribution in [0, 0.1) is 12.1 Å². The summed E-state index contributed by atoms with van der Waals surface area (Å²) < 4.78 is 25.3. The van der Waals surface area contributed by atoms with E-state index < -0.39 is 10.0 Å². The van der Waals surface area contributed by atoms with E-state index in [1.54, 1.807) is 37.3 Å². The van der Waals surface area contributed by atoms with Gasteiger partial charge in [0.05, 0.1) is 6.26 Å². The number of aromatic nitrogens is 1. The second kappa shape index (κ2) is 3.89. The first-order chi connectivity index (χ1) is 7.87. The topological polar surface area (TPSA) is 73.1 Å². The fourth-order valence-electron chi connectivity index (χ4n) is 1.62. The molecule has 0 amide bonds. The first kappa shape index (κ1) is 11.7. The SMILES string of the molecule is Cc1ccc2cc(NS(C)(=O)=O)ccc2[n+]1[O-]. The molecule has 0 radical (unpaired) electrons. The van der Waals surface area contributed by atoms with Gasteiger partial charge in [0.25, 0.3) is 0 Å². The van der Waals surface area contributed by atoms with E-state index in [1.165, 1.54) is 0 Å². The fraction of sp³-hybridized carbons (Fsp3) is 0.182. The lowest BCUT2D eigenvalue weighted by Gasteiger charge is -2.07. The zero-order chi connectivity index (χ0) is 12.6. The highest BCUT2D eigenvalue weighted by Gasteiger charge is 2.08. The average molecular weight is 252 g/mol. The number of anilines is 1. The number of aryl methyl sites for hydroxylation is 1. The molecule has 2 rings (SSSR count). The normalized spacial score (nSPS) is 11.6. The van der Waals surface area contributed by atoms with E-state index in [0.29, 0.717) is 22.3 Å². The number of sulfonamides is 1. The van der Waals surface area contributed by atoms with E-state index in [4.69, 9.17) is 0 Å². The lowest BCUT2D eigenvalue weighted by atomic mass is 10.2. The number of hydrogen-bond donors (Lipinski definition) is 1. The maximum Gasteiger partial charge on any atom is 0.229 e. The van der Waals surface area contributed by atoms with Gasteiger partial charge in [0.1, 0.15) is 0 Å². The van der Waals surface area contributed by atoms with Crippen molar-refractivity contribution in [2.45, 2.75) is 6.92 Å². The van der Waals surface area contributed by atoms with Crippen LogP contribution in [0.5, 0.6) is 0 Å². The van der Waals surface area contributed by atoms with Crippen molar-refractivity contribution >= 4 is 26.6 Å². The molecule has 0 aliphatic carbocycles. The monoisotopic (exact) mass is 252 g/mol. The number of nitrogens with one attached hydrogen (secondary N) is 1. The third-order valence-corrected chi connectivity index (χ3v) is 2.98. The fourth-order valence-corrected chi connectivity index (χ4v) is 2.17. The predicted octanol–water partition coefficient (Wildman–Crippen LogP) is 1.15. The smallest absolute Gasteiger partial charge is 0.229 e. The van der Waals surface area contributed by atoms with Crippen LogP contribution in [0.15, 0.2) is 30.3 Å². The van der Waals surface area contributed by atoms with Gasteiger partial charge >= 0.3 is 0 Å². The molecular formula is C11H12N2O3S. The molecule has 0 unspecified atom stereocenters. The Morgan fingerprint density at radius 3 is 2.59 bits per heavy atom. The zero-order valence-corrected chi connectivity index (χ0v) is 10.3. The second-order valence-corrected chi connectivity index (χ2v) is 5.67. The molecular weight excluding hydrogens is 240 g/mol. The molecule has 6 heteroatoms. The first-order valence-electron chi connectivity index (χ1n) is 4.97. The van der Waals surface area contributed by atoms with Gasteiger partial charge in [-0.15, -0.1) is 0 Å². The molecule has 1 aromatic heterocycles. The largest absolute Gasteiger partial charge is 0.618 e. The van der Waals surface area contributed by atoms with E-state index >= 15 is 0 Å². The predicted molar refractivity (Wildman–Crippen MR) is 66.1 cm³/mol. The van der Waals surface area contributed by atoms with Crippen LogP contribution in [0.1, 0.15) is 5.69 Å². The summed E-state index contributed by atoms with van der Waals surface area (Å²) in [6, 6.07) is 8.27. The van der Waals surface area contributed by atoms with Gasteiger partial charge in [-0.1, -0.05) is 0 Å². The molecule has 0 spiro atoms. The Bertz CT molecular complexity index is 680. The quantitative estimate of drug-likeness (QED) is 0.643. The van der Waals surface area contributed by atoms with E-state index in [2.05, 4.69) is 4.72 Å². The third kappa shape index (κ3) is 2.47. The summed E-state index contributed by atoms with van der Waals surface area (Å²) in [5.41, 5.74) is 1.56. The van der Waals surface area contributed by atoms with Crippen LogP contribution < -0.4 is 9.45 Å². The van der Waals surface area contributed by atoms with Crippen LogP contribution in [-0.4, -0.2) is 14.7 Å². The summed E-state index contributed by atoms with van der Waals surface area (Å²) in [5.74, 6) is 0. The van der Waals surface area contributed by atoms with Crippen molar-refractivity contribution in [3.8, 4) is 0 Å². The Morgan fingerprint density at radius 2 is 1.94 bits per heavy atom. The Kier molecular flexibility index (Phi) is 2.66. The summed E-state index contributed by atoms with van der Waals surface area (Å²) in [4.78, 5) is 0. The van der Waals surface area contributed by atoms with Gasteiger partial charge in [-0.2, -0.15) is 4.73 Å². The number of pyridine rings is 1. The number of nitrogens with zero attached hydrogens (tertiary/aromatic N) is 1. The van der Waals surface area contributed by atoms with Crippen molar-refractivity contribution < 1.29 is 13.1 Å². The van der Waals surface area contributed by atoms with Crippen LogP contribution in [0.2, 0.25) is 0 Å². The average Bonchev–Trinajstić information content (AvgIpc) is 2.21. The molecule has 0 saturated carbocycles. The van der Waals surface area contributed by atoms with Crippen LogP contribution in [-0.2, 0) is 10.0 Å². The summed E-state index contributed by atoms with van der Waals surface area (Å²) >= 11 is 0. The van der Waals surface area contributed by atoms with Gasteiger partial charge in [-0.05, 0) is 18.2 Å². The lowest BCUT2D eigenvalue weighted by molar-refractivity contribution is -0.584. The highest BCUT2D eigenvalue weighted by molar-refractivity contribution is 7.92. The molecule has 0 aliphatic heterocycles. The Hall–Kier alpha value is -1.82. The highest BCUT2D eigenvalue weighted by Crippen LogP contribution is 2.17. The molecule has 0 bridgehead atoms. The molecule has 1 heterocycles. The minimum atomic E-state index is -3.30. The summed E-state index contributed by atoms with van der Waals surface area (Å²) in [6.07, 6.45) is 1.08. The van der Waals surface area contributed by atoms with Gasteiger partial charge < -0.3 is 5.21 Å². The van der Waals surface area contributed by atoms with Crippen molar-refractivity contribution in [1.82, 2.24) is 0 Å². The number of benzene rings is 1. The second-order valence-electron chi connectivity index (χ2n) is 3.92. The molecule has 0 saturated heterocycles.